The maximum absolute atomic E-state index is 12.3. The fraction of sp³-hybridized carbons (Fsp3) is 0.214. The average molecular weight is 376 g/mol. The van der Waals surface area contributed by atoms with Crippen LogP contribution >= 0.6 is 47.2 Å². The van der Waals surface area contributed by atoms with Crippen LogP contribution in [0.25, 0.3) is 6.08 Å². The molecule has 1 saturated heterocycles. The number of carboxylic acid groups (broad SMARTS) is 1. The number of aliphatic carboxylic acids is 1. The number of carboxylic acids is 1. The quantitative estimate of drug-likeness (QED) is 0.621. The van der Waals surface area contributed by atoms with E-state index in [1.807, 2.05) is 0 Å². The van der Waals surface area contributed by atoms with Crippen LogP contribution < -0.4 is 0 Å². The first-order valence-electron chi connectivity index (χ1n) is 6.30. The lowest BCUT2D eigenvalue weighted by Crippen LogP contribution is -2.29. The van der Waals surface area contributed by atoms with Crippen molar-refractivity contribution < 1.29 is 14.7 Å². The van der Waals surface area contributed by atoms with E-state index >= 15 is 0 Å². The smallest absolute Gasteiger partial charge is 0.303 e. The highest BCUT2D eigenvalue weighted by atomic mass is 35.5. The van der Waals surface area contributed by atoms with Gasteiger partial charge in [0.2, 0.25) is 0 Å². The molecule has 1 aliphatic heterocycles. The van der Waals surface area contributed by atoms with E-state index in [0.29, 0.717) is 37.8 Å². The number of carbonyl (C=O) groups excluding carboxylic acids is 1. The lowest BCUT2D eigenvalue weighted by Gasteiger charge is -2.13. The molecule has 4 nitrogen and oxygen atoms in total. The van der Waals surface area contributed by atoms with Gasteiger partial charge in [0.1, 0.15) is 4.32 Å². The highest BCUT2D eigenvalue weighted by Gasteiger charge is 2.31. The van der Waals surface area contributed by atoms with Gasteiger partial charge in [0.25, 0.3) is 5.91 Å². The predicted molar refractivity (Wildman–Crippen MR) is 93.2 cm³/mol. The SMILES string of the molecule is O=C(O)CCCN1C(=O)/C(=C\c2cc(Cl)cc(Cl)c2)SC1=S. The Morgan fingerprint density at radius 3 is 2.55 bits per heavy atom. The second-order valence-corrected chi connectivity index (χ2v) is 7.08. The summed E-state index contributed by atoms with van der Waals surface area (Å²) in [5.41, 5.74) is 0.712. The Bertz CT molecular complexity index is 656. The highest BCUT2D eigenvalue weighted by molar-refractivity contribution is 8.26. The van der Waals surface area contributed by atoms with E-state index in [9.17, 15) is 9.59 Å². The first kappa shape index (κ1) is 17.3. The van der Waals surface area contributed by atoms with Gasteiger partial charge >= 0.3 is 5.97 Å². The van der Waals surface area contributed by atoms with E-state index in [2.05, 4.69) is 0 Å². The van der Waals surface area contributed by atoms with Gasteiger partial charge in [-0.2, -0.15) is 0 Å². The van der Waals surface area contributed by atoms with Crippen molar-refractivity contribution in [2.75, 3.05) is 6.54 Å². The minimum Gasteiger partial charge on any atom is -0.481 e. The molecule has 2 rings (SSSR count). The maximum Gasteiger partial charge on any atom is 0.303 e. The van der Waals surface area contributed by atoms with Crippen LogP contribution in [0.2, 0.25) is 10.0 Å². The first-order valence-corrected chi connectivity index (χ1v) is 8.28. The molecule has 1 aromatic rings. The molecule has 0 radical (unpaired) electrons. The summed E-state index contributed by atoms with van der Waals surface area (Å²) in [6.45, 7) is 0.296. The number of thiocarbonyl (C=S) groups is 1. The Morgan fingerprint density at radius 2 is 1.95 bits per heavy atom. The van der Waals surface area contributed by atoms with E-state index in [1.54, 1.807) is 24.3 Å². The molecule has 1 aromatic carbocycles. The standard InChI is InChI=1S/C14H11Cl2NO3S2/c15-9-4-8(5-10(16)7-9)6-11-13(20)17(14(21)22-11)3-1-2-12(18)19/h4-7H,1-3H2,(H,18,19)/b11-6+. The summed E-state index contributed by atoms with van der Waals surface area (Å²) in [6.07, 6.45) is 2.03. The number of hydrogen-bond donors (Lipinski definition) is 1. The summed E-state index contributed by atoms with van der Waals surface area (Å²) in [6, 6.07) is 5.01. The average Bonchev–Trinajstić information content (AvgIpc) is 2.64. The Balaban J connectivity index is 2.13. The Morgan fingerprint density at radius 1 is 1.32 bits per heavy atom. The second kappa shape index (κ2) is 7.46. The molecule has 1 heterocycles. The molecule has 0 unspecified atom stereocenters. The molecule has 116 valence electrons. The molecule has 22 heavy (non-hydrogen) atoms. The van der Waals surface area contributed by atoms with Gasteiger partial charge in [0, 0.05) is 23.0 Å². The van der Waals surface area contributed by atoms with Gasteiger partial charge < -0.3 is 5.11 Å². The molecule has 1 fully saturated rings. The van der Waals surface area contributed by atoms with Gasteiger partial charge in [0.15, 0.2) is 0 Å². The molecule has 0 bridgehead atoms. The van der Waals surface area contributed by atoms with E-state index in [4.69, 9.17) is 40.5 Å². The number of thioether (sulfide) groups is 1. The zero-order valence-corrected chi connectivity index (χ0v) is 14.4. The third-order valence-electron chi connectivity index (χ3n) is 2.83. The van der Waals surface area contributed by atoms with Crippen molar-refractivity contribution >= 4 is 69.5 Å². The molecule has 0 spiro atoms. The molecule has 0 atom stereocenters. The van der Waals surface area contributed by atoms with Crippen molar-refractivity contribution in [1.82, 2.24) is 4.90 Å². The van der Waals surface area contributed by atoms with Crippen LogP contribution in [0.4, 0.5) is 0 Å². The number of carbonyl (C=O) groups is 2. The lowest BCUT2D eigenvalue weighted by molar-refractivity contribution is -0.137. The van der Waals surface area contributed by atoms with Crippen LogP contribution in [-0.4, -0.2) is 32.7 Å². The molecule has 0 aliphatic carbocycles. The van der Waals surface area contributed by atoms with Crippen LogP contribution in [0, 0.1) is 0 Å². The Hall–Kier alpha value is -1.08. The van der Waals surface area contributed by atoms with Gasteiger partial charge in [-0.15, -0.1) is 0 Å². The number of amides is 1. The van der Waals surface area contributed by atoms with Crippen molar-refractivity contribution in [1.29, 1.82) is 0 Å². The fourth-order valence-corrected chi connectivity index (χ4v) is 3.74. The Kier molecular flexibility index (Phi) is 5.86. The summed E-state index contributed by atoms with van der Waals surface area (Å²) < 4.78 is 0.426. The van der Waals surface area contributed by atoms with Gasteiger partial charge in [0.05, 0.1) is 4.91 Å². The summed E-state index contributed by atoms with van der Waals surface area (Å²) in [7, 11) is 0. The second-order valence-electron chi connectivity index (χ2n) is 4.53. The van der Waals surface area contributed by atoms with Crippen molar-refractivity contribution in [2.45, 2.75) is 12.8 Å². The minimum atomic E-state index is -0.894. The van der Waals surface area contributed by atoms with Crippen molar-refractivity contribution in [2.24, 2.45) is 0 Å². The summed E-state index contributed by atoms with van der Waals surface area (Å²) in [5, 5.41) is 9.60. The maximum atomic E-state index is 12.3. The van der Waals surface area contributed by atoms with Crippen LogP contribution in [-0.2, 0) is 9.59 Å². The molecular weight excluding hydrogens is 365 g/mol. The first-order chi connectivity index (χ1) is 10.4. The zero-order valence-electron chi connectivity index (χ0n) is 11.2. The normalized spacial score (nSPS) is 16.6. The molecule has 0 aromatic heterocycles. The van der Waals surface area contributed by atoms with E-state index < -0.39 is 5.97 Å². The molecule has 1 amide bonds. The van der Waals surface area contributed by atoms with Gasteiger partial charge in [-0.3, -0.25) is 14.5 Å². The van der Waals surface area contributed by atoms with Crippen molar-refractivity contribution in [3.05, 3.63) is 38.7 Å². The third kappa shape index (κ3) is 4.46. The number of nitrogens with zero attached hydrogens (tertiary/aromatic N) is 1. The monoisotopic (exact) mass is 375 g/mol. The van der Waals surface area contributed by atoms with E-state index in [-0.39, 0.29) is 12.3 Å². The molecule has 8 heteroatoms. The predicted octanol–water partition coefficient (Wildman–Crippen LogP) is 4.06. The summed E-state index contributed by atoms with van der Waals surface area (Å²) >= 11 is 18.2. The number of benzene rings is 1. The van der Waals surface area contributed by atoms with E-state index in [1.165, 1.54) is 16.7 Å². The largest absolute Gasteiger partial charge is 0.481 e. The van der Waals surface area contributed by atoms with Crippen LogP contribution in [0.3, 0.4) is 0 Å². The molecule has 1 N–H and O–H groups in total. The van der Waals surface area contributed by atoms with Crippen molar-refractivity contribution in [3.8, 4) is 0 Å². The Labute approximate surface area is 147 Å². The zero-order chi connectivity index (χ0) is 16.3. The molecular formula is C14H11Cl2NO3S2. The van der Waals surface area contributed by atoms with E-state index in [0.717, 1.165) is 0 Å². The van der Waals surface area contributed by atoms with Crippen molar-refractivity contribution in [3.63, 3.8) is 0 Å². The fourth-order valence-electron chi connectivity index (χ4n) is 1.89. The van der Waals surface area contributed by atoms with Gasteiger partial charge in [-0.05, 0) is 36.3 Å². The van der Waals surface area contributed by atoms with Crippen LogP contribution in [0.15, 0.2) is 23.1 Å². The number of hydrogen-bond acceptors (Lipinski definition) is 4. The minimum absolute atomic E-state index is 0.00000868. The summed E-state index contributed by atoms with van der Waals surface area (Å²) in [4.78, 5) is 24.7. The third-order valence-corrected chi connectivity index (χ3v) is 4.64. The summed E-state index contributed by atoms with van der Waals surface area (Å²) in [5.74, 6) is -1.12. The van der Waals surface area contributed by atoms with Crippen LogP contribution in [0.5, 0.6) is 0 Å². The van der Waals surface area contributed by atoms with Gasteiger partial charge in [-0.25, -0.2) is 0 Å². The topological polar surface area (TPSA) is 57.6 Å². The lowest BCUT2D eigenvalue weighted by atomic mass is 10.2. The van der Waals surface area contributed by atoms with Crippen LogP contribution in [0.1, 0.15) is 18.4 Å². The van der Waals surface area contributed by atoms with Gasteiger partial charge in [-0.1, -0.05) is 47.2 Å². The highest BCUT2D eigenvalue weighted by Crippen LogP contribution is 2.33. The number of rotatable bonds is 5. The molecule has 1 aliphatic rings. The number of halogens is 2. The molecule has 0 saturated carbocycles.